The molecule has 0 saturated carbocycles. The van der Waals surface area contributed by atoms with Crippen LogP contribution in [0.25, 0.3) is 10.2 Å². The number of rotatable bonds is 6. The quantitative estimate of drug-likeness (QED) is 0.711. The standard InChI is InChI=1S/C18H19N3O2S/c1-2-23-14-8-9-15-16(12-14)24-18(20-15)21-17(22)19-11-10-13-6-4-3-5-7-13/h3-9,12H,2,10-11H2,1H3,(H2,19,20,21,22). The zero-order chi connectivity index (χ0) is 16.8. The van der Waals surface area contributed by atoms with Crippen LogP contribution in [-0.4, -0.2) is 24.2 Å². The summed E-state index contributed by atoms with van der Waals surface area (Å²) >= 11 is 1.43. The third-order valence-corrected chi connectivity index (χ3v) is 4.37. The number of thiazole rings is 1. The molecule has 2 amide bonds. The molecule has 0 fully saturated rings. The van der Waals surface area contributed by atoms with Gasteiger partial charge in [-0.05, 0) is 37.1 Å². The monoisotopic (exact) mass is 341 g/mol. The Hall–Kier alpha value is -2.60. The van der Waals surface area contributed by atoms with Crippen molar-refractivity contribution in [1.82, 2.24) is 10.3 Å². The molecule has 2 aromatic carbocycles. The molecule has 0 unspecified atom stereocenters. The Morgan fingerprint density at radius 1 is 1.21 bits per heavy atom. The highest BCUT2D eigenvalue weighted by atomic mass is 32.1. The van der Waals surface area contributed by atoms with E-state index < -0.39 is 0 Å². The second kappa shape index (κ2) is 7.79. The highest BCUT2D eigenvalue weighted by Gasteiger charge is 2.08. The van der Waals surface area contributed by atoms with Crippen LogP contribution in [0.1, 0.15) is 12.5 Å². The minimum absolute atomic E-state index is 0.241. The van der Waals surface area contributed by atoms with Gasteiger partial charge < -0.3 is 10.1 Å². The summed E-state index contributed by atoms with van der Waals surface area (Å²) in [6.45, 7) is 3.15. The summed E-state index contributed by atoms with van der Waals surface area (Å²) in [4.78, 5) is 16.4. The molecule has 5 nitrogen and oxygen atoms in total. The fraction of sp³-hybridized carbons (Fsp3) is 0.222. The smallest absolute Gasteiger partial charge is 0.321 e. The number of benzene rings is 2. The summed E-state index contributed by atoms with van der Waals surface area (Å²) in [7, 11) is 0. The molecular weight excluding hydrogens is 322 g/mol. The molecule has 0 atom stereocenters. The van der Waals surface area contributed by atoms with E-state index in [1.165, 1.54) is 16.9 Å². The first-order valence-corrected chi connectivity index (χ1v) is 8.68. The first kappa shape index (κ1) is 16.3. The minimum atomic E-state index is -0.241. The molecule has 0 radical (unpaired) electrons. The average molecular weight is 341 g/mol. The van der Waals surface area contributed by atoms with Gasteiger partial charge in [-0.2, -0.15) is 0 Å². The summed E-state index contributed by atoms with van der Waals surface area (Å²) in [5.74, 6) is 0.813. The van der Waals surface area contributed by atoms with Crippen molar-refractivity contribution in [3.05, 3.63) is 54.1 Å². The summed E-state index contributed by atoms with van der Waals surface area (Å²) in [5.41, 5.74) is 2.05. The number of nitrogens with zero attached hydrogens (tertiary/aromatic N) is 1. The second-order valence-corrected chi connectivity index (χ2v) is 6.23. The number of aromatic nitrogens is 1. The molecule has 6 heteroatoms. The molecule has 2 N–H and O–H groups in total. The highest BCUT2D eigenvalue weighted by Crippen LogP contribution is 2.29. The maximum Gasteiger partial charge on any atom is 0.321 e. The molecule has 1 aromatic heterocycles. The van der Waals surface area contributed by atoms with Gasteiger partial charge in [0.2, 0.25) is 0 Å². The molecule has 24 heavy (non-hydrogen) atoms. The Balaban J connectivity index is 1.55. The van der Waals surface area contributed by atoms with Crippen molar-refractivity contribution in [2.45, 2.75) is 13.3 Å². The lowest BCUT2D eigenvalue weighted by Gasteiger charge is -2.05. The maximum absolute atomic E-state index is 12.0. The number of fused-ring (bicyclic) bond motifs is 1. The number of anilines is 1. The molecule has 0 bridgehead atoms. The van der Waals surface area contributed by atoms with Crippen LogP contribution in [0.2, 0.25) is 0 Å². The Labute approximate surface area is 144 Å². The van der Waals surface area contributed by atoms with Gasteiger partial charge in [0.05, 0.1) is 16.8 Å². The summed E-state index contributed by atoms with van der Waals surface area (Å²) in [6, 6.07) is 15.5. The molecule has 0 aliphatic carbocycles. The van der Waals surface area contributed by atoms with E-state index in [4.69, 9.17) is 4.74 Å². The maximum atomic E-state index is 12.0. The van der Waals surface area contributed by atoms with Crippen molar-refractivity contribution in [3.8, 4) is 5.75 Å². The van der Waals surface area contributed by atoms with Crippen LogP contribution in [0.4, 0.5) is 9.93 Å². The second-order valence-electron chi connectivity index (χ2n) is 5.20. The number of ether oxygens (including phenoxy) is 1. The van der Waals surface area contributed by atoms with E-state index in [1.54, 1.807) is 0 Å². The first-order chi connectivity index (χ1) is 11.7. The fourth-order valence-electron chi connectivity index (χ4n) is 2.32. The molecule has 0 saturated heterocycles. The van der Waals surface area contributed by atoms with Crippen molar-refractivity contribution < 1.29 is 9.53 Å². The number of hydrogen-bond acceptors (Lipinski definition) is 4. The lowest BCUT2D eigenvalue weighted by Crippen LogP contribution is -2.30. The van der Waals surface area contributed by atoms with E-state index in [2.05, 4.69) is 15.6 Å². The molecule has 1 heterocycles. The predicted octanol–water partition coefficient (Wildman–Crippen LogP) is 4.06. The van der Waals surface area contributed by atoms with Crippen molar-refractivity contribution in [2.75, 3.05) is 18.5 Å². The lowest BCUT2D eigenvalue weighted by molar-refractivity contribution is 0.252. The Morgan fingerprint density at radius 2 is 2.04 bits per heavy atom. The van der Waals surface area contributed by atoms with E-state index in [0.29, 0.717) is 18.3 Å². The van der Waals surface area contributed by atoms with Crippen LogP contribution in [0.15, 0.2) is 48.5 Å². The van der Waals surface area contributed by atoms with Gasteiger partial charge in [0.25, 0.3) is 0 Å². The molecular formula is C18H19N3O2S. The zero-order valence-corrected chi connectivity index (χ0v) is 14.2. The van der Waals surface area contributed by atoms with Crippen LogP contribution >= 0.6 is 11.3 Å². The van der Waals surface area contributed by atoms with Crippen LogP contribution in [0.5, 0.6) is 5.75 Å². The zero-order valence-electron chi connectivity index (χ0n) is 13.4. The Kier molecular flexibility index (Phi) is 5.28. The average Bonchev–Trinajstić information content (AvgIpc) is 2.97. The molecule has 3 aromatic rings. The van der Waals surface area contributed by atoms with Crippen LogP contribution < -0.4 is 15.4 Å². The molecule has 124 valence electrons. The van der Waals surface area contributed by atoms with Crippen molar-refractivity contribution >= 4 is 32.7 Å². The van der Waals surface area contributed by atoms with Gasteiger partial charge >= 0.3 is 6.03 Å². The topological polar surface area (TPSA) is 63.2 Å². The number of amides is 2. The highest BCUT2D eigenvalue weighted by molar-refractivity contribution is 7.22. The fourth-order valence-corrected chi connectivity index (χ4v) is 3.21. The number of carbonyl (C=O) groups excluding carboxylic acids is 1. The van der Waals surface area contributed by atoms with Gasteiger partial charge in [-0.1, -0.05) is 41.7 Å². The van der Waals surface area contributed by atoms with Crippen molar-refractivity contribution in [2.24, 2.45) is 0 Å². The number of nitrogens with one attached hydrogen (secondary N) is 2. The predicted molar refractivity (Wildman–Crippen MR) is 98.0 cm³/mol. The van der Waals surface area contributed by atoms with Crippen molar-refractivity contribution in [3.63, 3.8) is 0 Å². The molecule has 0 spiro atoms. The van der Waals surface area contributed by atoms with Crippen molar-refractivity contribution in [1.29, 1.82) is 0 Å². The lowest BCUT2D eigenvalue weighted by atomic mass is 10.1. The van der Waals surface area contributed by atoms with E-state index in [1.807, 2.05) is 55.5 Å². The Bertz CT molecular complexity index is 818. The summed E-state index contributed by atoms with van der Waals surface area (Å²) < 4.78 is 6.47. The molecule has 0 aliphatic rings. The SMILES string of the molecule is CCOc1ccc2nc(NC(=O)NCCc3ccccc3)sc2c1. The largest absolute Gasteiger partial charge is 0.494 e. The number of carbonyl (C=O) groups is 1. The van der Waals surface area contributed by atoms with Gasteiger partial charge in [-0.15, -0.1) is 0 Å². The normalized spacial score (nSPS) is 10.5. The van der Waals surface area contributed by atoms with Gasteiger partial charge in [-0.3, -0.25) is 5.32 Å². The van der Waals surface area contributed by atoms with Gasteiger partial charge in [0, 0.05) is 6.54 Å². The minimum Gasteiger partial charge on any atom is -0.494 e. The number of urea groups is 1. The van der Waals surface area contributed by atoms with E-state index >= 15 is 0 Å². The van der Waals surface area contributed by atoms with E-state index in [9.17, 15) is 4.79 Å². The van der Waals surface area contributed by atoms with Crippen LogP contribution in [0, 0.1) is 0 Å². The van der Waals surface area contributed by atoms with E-state index in [0.717, 1.165) is 22.4 Å². The molecule has 0 aliphatic heterocycles. The van der Waals surface area contributed by atoms with Crippen LogP contribution in [-0.2, 0) is 6.42 Å². The van der Waals surface area contributed by atoms with Gasteiger partial charge in [-0.25, -0.2) is 9.78 Å². The third-order valence-electron chi connectivity index (χ3n) is 3.43. The first-order valence-electron chi connectivity index (χ1n) is 7.87. The van der Waals surface area contributed by atoms with Gasteiger partial charge in [0.1, 0.15) is 5.75 Å². The number of hydrogen-bond donors (Lipinski definition) is 2. The van der Waals surface area contributed by atoms with Gasteiger partial charge in [0.15, 0.2) is 5.13 Å². The Morgan fingerprint density at radius 3 is 2.83 bits per heavy atom. The third kappa shape index (κ3) is 4.23. The molecule has 3 rings (SSSR count). The van der Waals surface area contributed by atoms with E-state index in [-0.39, 0.29) is 6.03 Å². The summed E-state index contributed by atoms with van der Waals surface area (Å²) in [5, 5.41) is 6.21. The van der Waals surface area contributed by atoms with Crippen LogP contribution in [0.3, 0.4) is 0 Å². The summed E-state index contributed by atoms with van der Waals surface area (Å²) in [6.07, 6.45) is 0.797.